The number of hydrogen-bond donors (Lipinski definition) is 2. The molecule has 1 fully saturated rings. The number of aromatic nitrogens is 5. The fourth-order valence-corrected chi connectivity index (χ4v) is 4.73. The maximum absolute atomic E-state index is 12.5. The Hall–Kier alpha value is -4.30. The molecular formula is C24H22N8O2S. The summed E-state index contributed by atoms with van der Waals surface area (Å²) >= 11 is 1.35. The molecule has 0 spiro atoms. The molecule has 10 nitrogen and oxygen atoms in total. The molecule has 0 radical (unpaired) electrons. The van der Waals surface area contributed by atoms with Crippen LogP contribution in [0.5, 0.6) is 0 Å². The van der Waals surface area contributed by atoms with Crippen molar-refractivity contribution < 1.29 is 9.59 Å². The van der Waals surface area contributed by atoms with E-state index in [1.165, 1.54) is 17.7 Å². The van der Waals surface area contributed by atoms with E-state index in [1.807, 2.05) is 16.8 Å². The van der Waals surface area contributed by atoms with Crippen LogP contribution < -0.4 is 11.1 Å². The molecule has 11 heteroatoms. The number of rotatable bonds is 4. The lowest BCUT2D eigenvalue weighted by Gasteiger charge is -2.31. The first-order chi connectivity index (χ1) is 17.0. The van der Waals surface area contributed by atoms with Gasteiger partial charge in [-0.1, -0.05) is 18.1 Å². The molecule has 0 bridgehead atoms. The van der Waals surface area contributed by atoms with Crippen molar-refractivity contribution in [3.05, 3.63) is 47.7 Å². The number of nitrogen functional groups attached to an aromatic ring is 1. The van der Waals surface area contributed by atoms with Crippen molar-refractivity contribution in [2.45, 2.75) is 25.8 Å². The highest BCUT2D eigenvalue weighted by molar-refractivity contribution is 7.13. The summed E-state index contributed by atoms with van der Waals surface area (Å²) in [6.07, 6.45) is 4.73. The third-order valence-corrected chi connectivity index (χ3v) is 6.54. The minimum atomic E-state index is -0.244. The lowest BCUT2D eigenvalue weighted by atomic mass is 10.1. The number of thiazole rings is 1. The molecule has 1 atom stereocenters. The molecule has 1 saturated heterocycles. The summed E-state index contributed by atoms with van der Waals surface area (Å²) in [6.45, 7) is 2.81. The Bertz CT molecular complexity index is 1450. The first kappa shape index (κ1) is 22.5. The second kappa shape index (κ2) is 9.52. The first-order valence-corrected chi connectivity index (χ1v) is 11.9. The molecule has 5 rings (SSSR count). The fourth-order valence-electron chi connectivity index (χ4n) is 4.21. The number of amides is 2. The Morgan fingerprint density at radius 1 is 1.20 bits per heavy atom. The highest BCUT2D eigenvalue weighted by Gasteiger charge is 2.28. The number of nitrogens with zero attached hydrogens (tertiary/aromatic N) is 6. The molecule has 3 aromatic heterocycles. The number of carbonyl (C=O) groups is 2. The summed E-state index contributed by atoms with van der Waals surface area (Å²) in [5, 5.41) is 10.6. The molecule has 0 saturated carbocycles. The maximum atomic E-state index is 12.5. The number of anilines is 2. The predicted molar refractivity (Wildman–Crippen MR) is 134 cm³/mol. The number of nitrogens with one attached hydrogen (secondary N) is 1. The van der Waals surface area contributed by atoms with Gasteiger partial charge in [-0.3, -0.25) is 14.9 Å². The van der Waals surface area contributed by atoms with Gasteiger partial charge in [0.1, 0.15) is 17.8 Å². The number of hydrogen-bond acceptors (Lipinski definition) is 8. The fraction of sp³-hybridized carbons (Fsp3) is 0.250. The summed E-state index contributed by atoms with van der Waals surface area (Å²) in [4.78, 5) is 39.3. The number of carbonyl (C=O) groups excluding carboxylic acids is 2. The van der Waals surface area contributed by atoms with Crippen LogP contribution in [0, 0.1) is 11.8 Å². The molecule has 176 valence electrons. The van der Waals surface area contributed by atoms with Crippen LogP contribution in [0.3, 0.4) is 0 Å². The molecule has 1 unspecified atom stereocenters. The van der Waals surface area contributed by atoms with Crippen molar-refractivity contribution >= 4 is 45.1 Å². The molecule has 2 amide bonds. The van der Waals surface area contributed by atoms with E-state index in [1.54, 1.807) is 35.5 Å². The van der Waals surface area contributed by atoms with Gasteiger partial charge in [0.2, 0.25) is 0 Å². The summed E-state index contributed by atoms with van der Waals surface area (Å²) in [6, 6.07) is 7.03. The van der Waals surface area contributed by atoms with E-state index in [0.717, 1.165) is 18.4 Å². The predicted octanol–water partition coefficient (Wildman–Crippen LogP) is 2.97. The second-order valence-corrected chi connectivity index (χ2v) is 8.94. The van der Waals surface area contributed by atoms with Crippen LogP contribution in [-0.2, 0) is 4.79 Å². The monoisotopic (exact) mass is 486 g/mol. The van der Waals surface area contributed by atoms with Crippen molar-refractivity contribution in [2.24, 2.45) is 0 Å². The van der Waals surface area contributed by atoms with Crippen LogP contribution in [-0.4, -0.2) is 54.5 Å². The van der Waals surface area contributed by atoms with Gasteiger partial charge in [0.15, 0.2) is 10.8 Å². The molecule has 1 aliphatic rings. The summed E-state index contributed by atoms with van der Waals surface area (Å²) in [5.74, 6) is 5.19. The van der Waals surface area contributed by atoms with Gasteiger partial charge in [-0.25, -0.2) is 19.6 Å². The number of piperidine rings is 1. The minimum absolute atomic E-state index is 0.0692. The first-order valence-electron chi connectivity index (χ1n) is 11.1. The average molecular weight is 487 g/mol. The third-order valence-electron chi connectivity index (χ3n) is 5.85. The normalized spacial score (nSPS) is 15.5. The zero-order valence-corrected chi connectivity index (χ0v) is 19.7. The molecule has 0 aliphatic carbocycles. The van der Waals surface area contributed by atoms with E-state index < -0.39 is 0 Å². The summed E-state index contributed by atoms with van der Waals surface area (Å²) in [5.41, 5.74) is 8.76. The van der Waals surface area contributed by atoms with Crippen LogP contribution in [0.2, 0.25) is 0 Å². The maximum Gasteiger partial charge on any atom is 0.298 e. The zero-order chi connectivity index (χ0) is 24.4. The minimum Gasteiger partial charge on any atom is -0.383 e. The summed E-state index contributed by atoms with van der Waals surface area (Å²) < 4.78 is 1.84. The van der Waals surface area contributed by atoms with E-state index >= 15 is 0 Å². The van der Waals surface area contributed by atoms with Crippen molar-refractivity contribution in [3.8, 4) is 23.1 Å². The number of nitrogens with two attached hydrogens (primary N) is 1. The second-order valence-electron chi connectivity index (χ2n) is 8.04. The number of likely N-dealkylation sites (tertiary alicyclic amines) is 1. The Morgan fingerprint density at radius 3 is 2.77 bits per heavy atom. The van der Waals surface area contributed by atoms with Gasteiger partial charge in [0.25, 0.3) is 11.8 Å². The molecule has 3 N–H and O–H groups in total. The van der Waals surface area contributed by atoms with Crippen LogP contribution in [0.4, 0.5) is 10.9 Å². The van der Waals surface area contributed by atoms with Gasteiger partial charge in [-0.05, 0) is 37.8 Å². The summed E-state index contributed by atoms with van der Waals surface area (Å²) in [7, 11) is 0. The van der Waals surface area contributed by atoms with E-state index in [2.05, 4.69) is 32.1 Å². The van der Waals surface area contributed by atoms with Gasteiger partial charge in [-0.2, -0.15) is 5.10 Å². The van der Waals surface area contributed by atoms with E-state index in [4.69, 9.17) is 10.8 Å². The van der Waals surface area contributed by atoms with Gasteiger partial charge in [0.05, 0.1) is 11.4 Å². The largest absolute Gasteiger partial charge is 0.383 e. The van der Waals surface area contributed by atoms with Crippen LogP contribution in [0.25, 0.3) is 22.3 Å². The smallest absolute Gasteiger partial charge is 0.298 e. The van der Waals surface area contributed by atoms with E-state index in [0.29, 0.717) is 46.3 Å². The Labute approximate surface area is 205 Å². The molecule has 1 aromatic carbocycles. The lowest BCUT2D eigenvalue weighted by molar-refractivity contribution is -0.126. The SMILES string of the molecule is CC#CC(=O)N1CCCC(n2nc(-c3ccc(C(=O)Nc4nccs4)cc3)c3c(N)ncnc32)C1. The Kier molecular flexibility index (Phi) is 6.12. The van der Waals surface area contributed by atoms with Gasteiger partial charge in [-0.15, -0.1) is 11.3 Å². The van der Waals surface area contributed by atoms with Crippen molar-refractivity contribution in [1.82, 2.24) is 29.6 Å². The quantitative estimate of drug-likeness (QED) is 0.424. The number of fused-ring (bicyclic) bond motifs is 1. The Balaban J connectivity index is 1.48. The van der Waals surface area contributed by atoms with Crippen molar-refractivity contribution in [1.29, 1.82) is 0 Å². The number of benzene rings is 1. The molecule has 4 heterocycles. The van der Waals surface area contributed by atoms with Crippen LogP contribution in [0.15, 0.2) is 42.2 Å². The van der Waals surface area contributed by atoms with Crippen molar-refractivity contribution in [2.75, 3.05) is 24.1 Å². The van der Waals surface area contributed by atoms with Crippen LogP contribution >= 0.6 is 11.3 Å². The van der Waals surface area contributed by atoms with Crippen molar-refractivity contribution in [3.63, 3.8) is 0 Å². The lowest BCUT2D eigenvalue weighted by Crippen LogP contribution is -2.40. The topological polar surface area (TPSA) is 132 Å². The van der Waals surface area contributed by atoms with Gasteiger partial charge in [0, 0.05) is 35.8 Å². The third kappa shape index (κ3) is 4.43. The standard InChI is InChI=1S/C24H22N8O2S/c1-2-4-18(33)31-11-3-5-17(13-31)32-22-19(21(25)27-14-28-22)20(30-32)15-6-8-16(9-7-15)23(34)29-24-26-10-12-35-24/h6-10,12,14,17H,3,5,11,13H2,1H3,(H2,25,27,28)(H,26,29,34). The molecule has 4 aromatic rings. The van der Waals surface area contributed by atoms with Gasteiger partial charge < -0.3 is 10.6 Å². The van der Waals surface area contributed by atoms with E-state index in [9.17, 15) is 9.59 Å². The average Bonchev–Trinajstić information content (AvgIpc) is 3.53. The molecular weight excluding hydrogens is 464 g/mol. The van der Waals surface area contributed by atoms with Gasteiger partial charge >= 0.3 is 0 Å². The molecule has 1 aliphatic heterocycles. The molecule has 35 heavy (non-hydrogen) atoms. The van der Waals surface area contributed by atoms with Crippen LogP contribution in [0.1, 0.15) is 36.2 Å². The zero-order valence-electron chi connectivity index (χ0n) is 18.9. The Morgan fingerprint density at radius 2 is 2.03 bits per heavy atom. The highest BCUT2D eigenvalue weighted by atomic mass is 32.1. The van der Waals surface area contributed by atoms with E-state index in [-0.39, 0.29) is 17.9 Å². The highest BCUT2D eigenvalue weighted by Crippen LogP contribution is 2.34.